The maximum absolute atomic E-state index is 12.7. The predicted octanol–water partition coefficient (Wildman–Crippen LogP) is 3.87. The molecule has 0 atom stereocenters. The van der Waals surface area contributed by atoms with E-state index < -0.39 is 6.61 Å². The molecule has 3 nitrogen and oxygen atoms in total. The standard InChI is InChI=1S/C14H11F3N2O/c15-11-3-5-12(6-4-11)19-18-9-10-1-7-13(8-2-10)20-14(16)17/h1-9,14,19H/b18-9-. The number of benzene rings is 2. The third-order valence-corrected chi connectivity index (χ3v) is 2.36. The van der Waals surface area contributed by atoms with Gasteiger partial charge in [-0.25, -0.2) is 4.39 Å². The maximum Gasteiger partial charge on any atom is 0.387 e. The van der Waals surface area contributed by atoms with Crippen LogP contribution in [0.1, 0.15) is 5.56 Å². The molecule has 0 aromatic heterocycles. The monoisotopic (exact) mass is 280 g/mol. The summed E-state index contributed by atoms with van der Waals surface area (Å²) in [5, 5.41) is 3.95. The summed E-state index contributed by atoms with van der Waals surface area (Å²) in [5.41, 5.74) is 4.07. The van der Waals surface area contributed by atoms with Crippen LogP contribution in [0.25, 0.3) is 0 Å². The fourth-order valence-electron chi connectivity index (χ4n) is 1.44. The summed E-state index contributed by atoms with van der Waals surface area (Å²) in [6, 6.07) is 11.7. The Hall–Kier alpha value is -2.50. The van der Waals surface area contributed by atoms with Crippen LogP contribution in [0.15, 0.2) is 53.6 Å². The second-order valence-electron chi connectivity index (χ2n) is 3.82. The van der Waals surface area contributed by atoms with E-state index in [4.69, 9.17) is 0 Å². The van der Waals surface area contributed by atoms with Gasteiger partial charge in [-0.05, 0) is 54.1 Å². The molecule has 104 valence electrons. The van der Waals surface area contributed by atoms with Crippen LogP contribution in [0.2, 0.25) is 0 Å². The van der Waals surface area contributed by atoms with Crippen molar-refractivity contribution in [3.63, 3.8) is 0 Å². The Kier molecular flexibility index (Phi) is 4.60. The lowest BCUT2D eigenvalue weighted by Gasteiger charge is -2.03. The van der Waals surface area contributed by atoms with Gasteiger partial charge in [0.05, 0.1) is 11.9 Å². The van der Waals surface area contributed by atoms with Gasteiger partial charge >= 0.3 is 6.61 Å². The third kappa shape index (κ3) is 4.31. The van der Waals surface area contributed by atoms with Gasteiger partial charge in [0.25, 0.3) is 0 Å². The number of nitrogens with one attached hydrogen (secondary N) is 1. The highest BCUT2D eigenvalue weighted by atomic mass is 19.3. The van der Waals surface area contributed by atoms with E-state index in [0.29, 0.717) is 11.3 Å². The number of hydrogen-bond donors (Lipinski definition) is 1. The zero-order valence-electron chi connectivity index (χ0n) is 10.3. The van der Waals surface area contributed by atoms with Crippen molar-refractivity contribution in [3.8, 4) is 5.75 Å². The first-order valence-electron chi connectivity index (χ1n) is 5.73. The molecule has 20 heavy (non-hydrogen) atoms. The molecular weight excluding hydrogens is 269 g/mol. The molecule has 0 fully saturated rings. The minimum Gasteiger partial charge on any atom is -0.435 e. The molecule has 2 aromatic rings. The molecule has 2 rings (SSSR count). The number of rotatable bonds is 5. The van der Waals surface area contributed by atoms with Crippen molar-refractivity contribution in [2.45, 2.75) is 6.61 Å². The molecule has 0 saturated carbocycles. The Morgan fingerprint density at radius 3 is 2.25 bits per heavy atom. The Bertz CT molecular complexity index is 568. The first kappa shape index (κ1) is 13.9. The lowest BCUT2D eigenvalue weighted by Crippen LogP contribution is -2.01. The Balaban J connectivity index is 1.92. The summed E-state index contributed by atoms with van der Waals surface area (Å²) in [5.74, 6) is -0.238. The molecule has 1 N–H and O–H groups in total. The molecule has 0 unspecified atom stereocenters. The van der Waals surface area contributed by atoms with Crippen molar-refractivity contribution in [2.24, 2.45) is 5.10 Å². The first-order valence-corrected chi connectivity index (χ1v) is 5.73. The van der Waals surface area contributed by atoms with Gasteiger partial charge < -0.3 is 4.74 Å². The normalized spacial score (nSPS) is 11.0. The van der Waals surface area contributed by atoms with Crippen LogP contribution in [0.5, 0.6) is 5.75 Å². The summed E-state index contributed by atoms with van der Waals surface area (Å²) in [7, 11) is 0. The van der Waals surface area contributed by atoms with Crippen LogP contribution in [-0.4, -0.2) is 12.8 Å². The van der Waals surface area contributed by atoms with E-state index in [2.05, 4.69) is 15.3 Å². The molecule has 0 aliphatic carbocycles. The average Bonchev–Trinajstić information content (AvgIpc) is 2.42. The number of anilines is 1. The van der Waals surface area contributed by atoms with E-state index in [0.717, 1.165) is 0 Å². The SMILES string of the molecule is Fc1ccc(N/N=C\c2ccc(OC(F)F)cc2)cc1. The minimum absolute atomic E-state index is 0.0867. The first-order chi connectivity index (χ1) is 9.63. The van der Waals surface area contributed by atoms with Gasteiger partial charge in [0.15, 0.2) is 0 Å². The molecule has 0 radical (unpaired) electrons. The van der Waals surface area contributed by atoms with E-state index in [1.807, 2.05) is 0 Å². The van der Waals surface area contributed by atoms with Gasteiger partial charge in [-0.1, -0.05) is 0 Å². The number of ether oxygens (including phenoxy) is 1. The van der Waals surface area contributed by atoms with Crippen LogP contribution in [-0.2, 0) is 0 Å². The predicted molar refractivity (Wildman–Crippen MR) is 70.7 cm³/mol. The fraction of sp³-hybridized carbons (Fsp3) is 0.0714. The number of hydrazone groups is 1. The molecular formula is C14H11F3N2O. The van der Waals surface area contributed by atoms with Crippen LogP contribution >= 0.6 is 0 Å². The number of nitrogens with zero attached hydrogens (tertiary/aromatic N) is 1. The van der Waals surface area contributed by atoms with Gasteiger partial charge in [-0.3, -0.25) is 5.43 Å². The molecule has 0 bridgehead atoms. The molecule has 0 spiro atoms. The Morgan fingerprint density at radius 1 is 1.00 bits per heavy atom. The van der Waals surface area contributed by atoms with Gasteiger partial charge in [0.2, 0.25) is 0 Å². The topological polar surface area (TPSA) is 33.6 Å². The summed E-state index contributed by atoms with van der Waals surface area (Å²) in [6.07, 6.45) is 1.51. The summed E-state index contributed by atoms with van der Waals surface area (Å²) in [6.45, 7) is -2.84. The summed E-state index contributed by atoms with van der Waals surface area (Å²) < 4.78 is 40.8. The summed E-state index contributed by atoms with van der Waals surface area (Å²) >= 11 is 0. The van der Waals surface area contributed by atoms with Crippen molar-refractivity contribution in [2.75, 3.05) is 5.43 Å². The smallest absolute Gasteiger partial charge is 0.387 e. The van der Waals surface area contributed by atoms with Crippen molar-refractivity contribution in [3.05, 3.63) is 59.9 Å². The summed E-state index contributed by atoms with van der Waals surface area (Å²) in [4.78, 5) is 0. The molecule has 0 aliphatic heterocycles. The quantitative estimate of drug-likeness (QED) is 0.666. The molecule has 0 saturated heterocycles. The van der Waals surface area contributed by atoms with E-state index in [1.54, 1.807) is 24.3 Å². The van der Waals surface area contributed by atoms with E-state index in [-0.39, 0.29) is 11.6 Å². The van der Waals surface area contributed by atoms with Crippen LogP contribution in [0, 0.1) is 5.82 Å². The molecule has 0 heterocycles. The fourth-order valence-corrected chi connectivity index (χ4v) is 1.44. The average molecular weight is 280 g/mol. The highest BCUT2D eigenvalue weighted by Crippen LogP contribution is 2.14. The van der Waals surface area contributed by atoms with E-state index >= 15 is 0 Å². The number of halogens is 3. The largest absolute Gasteiger partial charge is 0.435 e. The van der Waals surface area contributed by atoms with Crippen molar-refractivity contribution < 1.29 is 17.9 Å². The number of alkyl halides is 2. The van der Waals surface area contributed by atoms with Crippen LogP contribution in [0.3, 0.4) is 0 Å². The van der Waals surface area contributed by atoms with Crippen LogP contribution < -0.4 is 10.2 Å². The van der Waals surface area contributed by atoms with Crippen LogP contribution in [0.4, 0.5) is 18.9 Å². The highest BCUT2D eigenvalue weighted by Gasteiger charge is 2.02. The molecule has 2 aromatic carbocycles. The van der Waals surface area contributed by atoms with Crippen molar-refractivity contribution in [1.82, 2.24) is 0 Å². The Morgan fingerprint density at radius 2 is 1.65 bits per heavy atom. The van der Waals surface area contributed by atoms with Crippen molar-refractivity contribution >= 4 is 11.9 Å². The second-order valence-corrected chi connectivity index (χ2v) is 3.82. The van der Waals surface area contributed by atoms with Gasteiger partial charge in [0.1, 0.15) is 11.6 Å². The maximum atomic E-state index is 12.7. The Labute approximate surface area is 113 Å². The minimum atomic E-state index is -2.84. The molecule has 6 heteroatoms. The van der Waals surface area contributed by atoms with Gasteiger partial charge in [0, 0.05) is 0 Å². The van der Waals surface area contributed by atoms with Gasteiger partial charge in [-0.2, -0.15) is 13.9 Å². The zero-order valence-corrected chi connectivity index (χ0v) is 10.3. The zero-order chi connectivity index (χ0) is 14.4. The van der Waals surface area contributed by atoms with E-state index in [9.17, 15) is 13.2 Å². The third-order valence-electron chi connectivity index (χ3n) is 2.36. The lowest BCUT2D eigenvalue weighted by molar-refractivity contribution is -0.0498. The van der Waals surface area contributed by atoms with Crippen molar-refractivity contribution in [1.29, 1.82) is 0 Å². The molecule has 0 aliphatic rings. The lowest BCUT2D eigenvalue weighted by atomic mass is 10.2. The van der Waals surface area contributed by atoms with E-state index in [1.165, 1.54) is 30.5 Å². The van der Waals surface area contributed by atoms with Gasteiger partial charge in [-0.15, -0.1) is 0 Å². The number of hydrogen-bond acceptors (Lipinski definition) is 3. The molecule has 0 amide bonds. The highest BCUT2D eigenvalue weighted by molar-refractivity contribution is 5.80. The second kappa shape index (κ2) is 6.60.